The molecule has 2 aromatic heterocycles. The maximum atomic E-state index is 12.2. The quantitative estimate of drug-likeness (QED) is 0.549. The van der Waals surface area contributed by atoms with Gasteiger partial charge in [0.05, 0.1) is 17.7 Å². The number of benzene rings is 1. The van der Waals surface area contributed by atoms with E-state index in [1.54, 1.807) is 43.3 Å². The summed E-state index contributed by atoms with van der Waals surface area (Å²) in [5.41, 5.74) is 1.77. The molecule has 1 amide bonds. The number of rotatable bonds is 5. The number of amides is 1. The lowest BCUT2D eigenvalue weighted by Crippen LogP contribution is -2.12. The zero-order valence-electron chi connectivity index (χ0n) is 14.9. The van der Waals surface area contributed by atoms with Crippen LogP contribution in [0.1, 0.15) is 23.0 Å². The van der Waals surface area contributed by atoms with Gasteiger partial charge in [-0.1, -0.05) is 18.2 Å². The van der Waals surface area contributed by atoms with E-state index in [0.29, 0.717) is 16.5 Å². The first-order valence-corrected chi connectivity index (χ1v) is 8.35. The molecule has 3 rings (SSSR count). The fourth-order valence-corrected chi connectivity index (χ4v) is 2.61. The molecule has 1 N–H and O–H groups in total. The first-order valence-electron chi connectivity index (χ1n) is 8.35. The fraction of sp³-hybridized carbons (Fsp3) is 0.211. The van der Waals surface area contributed by atoms with E-state index in [4.69, 9.17) is 4.74 Å². The highest BCUT2D eigenvalue weighted by Crippen LogP contribution is 2.38. The third-order valence-corrected chi connectivity index (χ3v) is 3.91. The molecule has 138 valence electrons. The van der Waals surface area contributed by atoms with Crippen molar-refractivity contribution in [2.45, 2.75) is 20.4 Å². The maximum Gasteiger partial charge on any atom is 0.326 e. The molecule has 8 heteroatoms. The Hall–Kier alpha value is -3.55. The van der Waals surface area contributed by atoms with Crippen molar-refractivity contribution in [1.82, 2.24) is 9.55 Å². The Kier molecular flexibility index (Phi) is 5.25. The highest BCUT2D eigenvalue weighted by molar-refractivity contribution is 5.97. The number of esters is 1. The van der Waals surface area contributed by atoms with Gasteiger partial charge in [0.1, 0.15) is 6.54 Å². The molecule has 1 aromatic carbocycles. The number of hydrogen-bond donors (Lipinski definition) is 1. The smallest absolute Gasteiger partial charge is 0.326 e. The zero-order valence-corrected chi connectivity index (χ0v) is 14.9. The molecule has 27 heavy (non-hydrogen) atoms. The van der Waals surface area contributed by atoms with Gasteiger partial charge >= 0.3 is 5.97 Å². The average molecular weight is 366 g/mol. The van der Waals surface area contributed by atoms with Crippen molar-refractivity contribution in [1.29, 1.82) is 0 Å². The molecule has 0 fully saturated rings. The number of pyridine rings is 1. The Morgan fingerprint density at radius 1 is 1.22 bits per heavy atom. The average Bonchev–Trinajstić information content (AvgIpc) is 2.92. The third kappa shape index (κ3) is 3.84. The normalized spacial score (nSPS) is 11.2. The summed E-state index contributed by atoms with van der Waals surface area (Å²) in [6.45, 7) is 3.58. The second-order valence-corrected chi connectivity index (χ2v) is 5.77. The van der Waals surface area contributed by atoms with Crippen molar-refractivity contribution < 1.29 is 19.4 Å². The molecule has 0 atom stereocenters. The van der Waals surface area contributed by atoms with Gasteiger partial charge in [0.2, 0.25) is 5.88 Å². The second kappa shape index (κ2) is 7.77. The predicted octanol–water partition coefficient (Wildman–Crippen LogP) is 3.54. The lowest BCUT2D eigenvalue weighted by Gasteiger charge is -2.06. The Morgan fingerprint density at radius 2 is 2.00 bits per heavy atom. The van der Waals surface area contributed by atoms with Crippen molar-refractivity contribution in [3.05, 3.63) is 53.9 Å². The molecule has 0 spiro atoms. The van der Waals surface area contributed by atoms with Crippen molar-refractivity contribution in [2.75, 3.05) is 6.61 Å². The van der Waals surface area contributed by atoms with E-state index >= 15 is 0 Å². The predicted molar refractivity (Wildman–Crippen MR) is 98.1 cm³/mol. The summed E-state index contributed by atoms with van der Waals surface area (Å²) in [6, 6.07) is 10.3. The molecule has 0 bridgehead atoms. The van der Waals surface area contributed by atoms with Gasteiger partial charge in [-0.25, -0.2) is 0 Å². The van der Waals surface area contributed by atoms with E-state index < -0.39 is 11.9 Å². The van der Waals surface area contributed by atoms with Gasteiger partial charge < -0.3 is 9.84 Å². The van der Waals surface area contributed by atoms with Crippen LogP contribution in [0.4, 0.5) is 5.69 Å². The van der Waals surface area contributed by atoms with Gasteiger partial charge in [0.25, 0.3) is 5.91 Å². The van der Waals surface area contributed by atoms with Crippen LogP contribution in [0.25, 0.3) is 10.9 Å². The van der Waals surface area contributed by atoms with Crippen LogP contribution >= 0.6 is 0 Å². The minimum absolute atomic E-state index is 0.114. The molecule has 0 radical (unpaired) electrons. The van der Waals surface area contributed by atoms with Gasteiger partial charge in [0.15, 0.2) is 5.69 Å². The SMILES string of the molecule is CCOC(=O)Cn1c(O)c(N=NC(=O)c2ccc(C)nc2)c2ccccc21. The number of para-hydroxylation sites is 1. The molecular weight excluding hydrogens is 348 g/mol. The summed E-state index contributed by atoms with van der Waals surface area (Å²) in [6.07, 6.45) is 1.42. The van der Waals surface area contributed by atoms with Gasteiger partial charge in [0, 0.05) is 17.3 Å². The number of carbonyl (C=O) groups is 2. The zero-order chi connectivity index (χ0) is 19.4. The molecule has 3 aromatic rings. The van der Waals surface area contributed by atoms with Crippen LogP contribution in [0.2, 0.25) is 0 Å². The largest absolute Gasteiger partial charge is 0.493 e. The van der Waals surface area contributed by atoms with Crippen LogP contribution in [0.5, 0.6) is 5.88 Å². The summed E-state index contributed by atoms with van der Waals surface area (Å²) in [7, 11) is 0. The number of aromatic nitrogens is 2. The Balaban J connectivity index is 1.96. The van der Waals surface area contributed by atoms with Crippen LogP contribution in [0, 0.1) is 6.92 Å². The Bertz CT molecular complexity index is 1020. The van der Waals surface area contributed by atoms with Crippen LogP contribution in [0.3, 0.4) is 0 Å². The molecule has 8 nitrogen and oxygen atoms in total. The Morgan fingerprint density at radius 3 is 2.70 bits per heavy atom. The van der Waals surface area contributed by atoms with Gasteiger partial charge in [-0.2, -0.15) is 0 Å². The summed E-state index contributed by atoms with van der Waals surface area (Å²) < 4.78 is 6.31. The highest BCUT2D eigenvalue weighted by atomic mass is 16.5. The molecule has 0 aliphatic heterocycles. The third-order valence-electron chi connectivity index (χ3n) is 3.91. The van der Waals surface area contributed by atoms with E-state index in [2.05, 4.69) is 15.2 Å². The van der Waals surface area contributed by atoms with Crippen molar-refractivity contribution >= 4 is 28.5 Å². The minimum atomic E-state index is -0.580. The van der Waals surface area contributed by atoms with Gasteiger partial charge in [-0.05, 0) is 32.0 Å². The molecular formula is C19H18N4O4. The number of hydrogen-bond acceptors (Lipinski definition) is 6. The molecule has 0 saturated heterocycles. The summed E-state index contributed by atoms with van der Waals surface area (Å²) in [4.78, 5) is 28.1. The van der Waals surface area contributed by atoms with Gasteiger partial charge in [-0.15, -0.1) is 10.2 Å². The second-order valence-electron chi connectivity index (χ2n) is 5.77. The summed E-state index contributed by atoms with van der Waals surface area (Å²) in [5, 5.41) is 18.7. The first-order chi connectivity index (χ1) is 13.0. The number of ether oxygens (including phenoxy) is 1. The van der Waals surface area contributed by atoms with E-state index in [1.807, 2.05) is 6.92 Å². The number of fused-ring (bicyclic) bond motifs is 1. The number of azo groups is 1. The van der Waals surface area contributed by atoms with Crippen molar-refractivity contribution in [3.63, 3.8) is 0 Å². The lowest BCUT2D eigenvalue weighted by molar-refractivity contribution is -0.143. The van der Waals surface area contributed by atoms with E-state index in [9.17, 15) is 14.7 Å². The van der Waals surface area contributed by atoms with Crippen LogP contribution < -0.4 is 0 Å². The van der Waals surface area contributed by atoms with Crippen molar-refractivity contribution in [3.8, 4) is 5.88 Å². The van der Waals surface area contributed by atoms with E-state index in [0.717, 1.165) is 5.69 Å². The fourth-order valence-electron chi connectivity index (χ4n) is 2.61. The monoisotopic (exact) mass is 366 g/mol. The molecule has 0 aliphatic carbocycles. The summed E-state index contributed by atoms with van der Waals surface area (Å²) in [5.74, 6) is -1.33. The number of aryl methyl sites for hydroxylation is 1. The molecule has 0 saturated carbocycles. The molecule has 0 aliphatic rings. The topological polar surface area (TPSA) is 106 Å². The number of carbonyl (C=O) groups excluding carboxylic acids is 2. The van der Waals surface area contributed by atoms with Crippen molar-refractivity contribution in [2.24, 2.45) is 10.2 Å². The number of aromatic hydroxyl groups is 1. The van der Waals surface area contributed by atoms with Gasteiger partial charge in [-0.3, -0.25) is 19.1 Å². The molecule has 2 heterocycles. The standard InChI is InChI=1S/C19H18N4O4/c1-3-27-16(24)11-23-15-7-5-4-6-14(15)17(19(23)26)21-22-18(25)13-9-8-12(2)20-10-13/h4-10,26H,3,11H2,1-2H3. The first kappa shape index (κ1) is 18.2. The lowest BCUT2D eigenvalue weighted by atomic mass is 10.2. The van der Waals surface area contributed by atoms with E-state index in [1.165, 1.54) is 10.8 Å². The summed E-state index contributed by atoms with van der Waals surface area (Å²) >= 11 is 0. The maximum absolute atomic E-state index is 12.2. The number of nitrogens with zero attached hydrogens (tertiary/aromatic N) is 4. The van der Waals surface area contributed by atoms with Crippen LogP contribution in [-0.2, 0) is 16.1 Å². The molecule has 0 unspecified atom stereocenters. The van der Waals surface area contributed by atoms with E-state index in [-0.39, 0.29) is 24.7 Å². The minimum Gasteiger partial charge on any atom is -0.493 e. The van der Waals surface area contributed by atoms with Crippen LogP contribution in [-0.4, -0.2) is 33.1 Å². The highest BCUT2D eigenvalue weighted by Gasteiger charge is 2.19. The Labute approximate surface area is 155 Å². The van der Waals surface area contributed by atoms with Crippen LogP contribution in [0.15, 0.2) is 52.8 Å².